The minimum Gasteiger partial charge on any atom is -0.479 e. The number of aliphatic hydroxyl groups excluding tert-OH is 1. The molecule has 1 rings (SSSR count). The molecular weight excluding hydrogens is 241 g/mol. The number of carboxylic acid groups (broad SMARTS) is 1. The van der Waals surface area contributed by atoms with Crippen molar-refractivity contribution >= 4 is 5.97 Å². The number of aliphatic carboxylic acids is 1. The Morgan fingerprint density at radius 1 is 1.41 bits per heavy atom. The second kappa shape index (κ2) is 5.05. The lowest BCUT2D eigenvalue weighted by atomic mass is 10.1. The average molecular weight is 250 g/mol. The van der Waals surface area contributed by atoms with Gasteiger partial charge in [0.05, 0.1) is 0 Å². The molecule has 1 unspecified atom stereocenters. The van der Waals surface area contributed by atoms with Gasteiger partial charge in [0, 0.05) is 11.6 Å². The van der Waals surface area contributed by atoms with Gasteiger partial charge in [-0.3, -0.25) is 0 Å². The number of alkyl halides is 2. The van der Waals surface area contributed by atoms with Crippen LogP contribution in [0.2, 0.25) is 0 Å². The average Bonchev–Trinajstić information content (AvgIpc) is 2.21. The second-order valence-electron chi connectivity index (χ2n) is 3.26. The van der Waals surface area contributed by atoms with Gasteiger partial charge in [-0.05, 0) is 18.6 Å². The van der Waals surface area contributed by atoms with Gasteiger partial charge in [0.1, 0.15) is 11.6 Å². The largest absolute Gasteiger partial charge is 0.479 e. The number of ether oxygens (including phenoxy) is 1. The van der Waals surface area contributed by atoms with Crippen molar-refractivity contribution in [1.82, 2.24) is 0 Å². The summed E-state index contributed by atoms with van der Waals surface area (Å²) in [6.07, 6.45) is -2.05. The molecule has 0 heterocycles. The highest BCUT2D eigenvalue weighted by molar-refractivity contribution is 5.74. The van der Waals surface area contributed by atoms with E-state index >= 15 is 0 Å². The molecule has 0 aliphatic rings. The summed E-state index contributed by atoms with van der Waals surface area (Å²) in [6.45, 7) is -1.78. The maximum absolute atomic E-state index is 13.3. The van der Waals surface area contributed by atoms with E-state index in [1.54, 1.807) is 0 Å². The van der Waals surface area contributed by atoms with E-state index in [1.807, 2.05) is 0 Å². The highest BCUT2D eigenvalue weighted by atomic mass is 19.3. The summed E-state index contributed by atoms with van der Waals surface area (Å²) in [5.74, 6) is -3.16. The Morgan fingerprint density at radius 3 is 2.47 bits per heavy atom. The van der Waals surface area contributed by atoms with E-state index in [4.69, 9.17) is 10.2 Å². The molecule has 1 aromatic rings. The summed E-state index contributed by atoms with van der Waals surface area (Å²) < 4.78 is 41.2. The Bertz CT molecular complexity index is 434. The minimum absolute atomic E-state index is 0.0991. The summed E-state index contributed by atoms with van der Waals surface area (Å²) in [6, 6.07) is 1.56. The third-order valence-corrected chi connectivity index (χ3v) is 2.04. The summed E-state index contributed by atoms with van der Waals surface area (Å²) >= 11 is 0. The van der Waals surface area contributed by atoms with Crippen molar-refractivity contribution in [2.24, 2.45) is 0 Å². The lowest BCUT2D eigenvalue weighted by Crippen LogP contribution is -2.13. The van der Waals surface area contributed by atoms with E-state index in [9.17, 15) is 18.0 Å². The van der Waals surface area contributed by atoms with Crippen LogP contribution in [0.5, 0.6) is 5.75 Å². The first-order valence-corrected chi connectivity index (χ1v) is 4.48. The molecule has 0 aliphatic carbocycles. The van der Waals surface area contributed by atoms with E-state index in [1.165, 1.54) is 6.92 Å². The van der Waals surface area contributed by atoms with E-state index in [0.717, 1.165) is 6.07 Å². The number of aliphatic hydroxyl groups is 1. The molecule has 1 atom stereocenters. The van der Waals surface area contributed by atoms with Gasteiger partial charge in [-0.1, -0.05) is 0 Å². The van der Waals surface area contributed by atoms with Crippen molar-refractivity contribution in [3.63, 3.8) is 0 Å². The van der Waals surface area contributed by atoms with Gasteiger partial charge in [-0.15, -0.1) is 0 Å². The summed E-state index contributed by atoms with van der Waals surface area (Å²) in [4.78, 5) is 10.5. The van der Waals surface area contributed by atoms with Gasteiger partial charge in [0.25, 0.3) is 0 Å². The van der Waals surface area contributed by atoms with Crippen LogP contribution in [0, 0.1) is 12.7 Å². The molecular formula is C10H9F3O4. The molecule has 0 bridgehead atoms. The number of hydrogen-bond donors (Lipinski definition) is 2. The number of rotatable bonds is 4. The Hall–Kier alpha value is -1.76. The molecule has 4 nitrogen and oxygen atoms in total. The third-order valence-electron chi connectivity index (χ3n) is 2.04. The highest BCUT2D eigenvalue weighted by Crippen LogP contribution is 2.27. The Morgan fingerprint density at radius 2 is 2.00 bits per heavy atom. The topological polar surface area (TPSA) is 66.8 Å². The fourth-order valence-electron chi connectivity index (χ4n) is 1.25. The highest BCUT2D eigenvalue weighted by Gasteiger charge is 2.22. The normalized spacial score (nSPS) is 12.6. The number of carboxylic acids is 1. The zero-order valence-corrected chi connectivity index (χ0v) is 8.65. The molecule has 0 aliphatic heterocycles. The van der Waals surface area contributed by atoms with Gasteiger partial charge in [0.15, 0.2) is 6.10 Å². The van der Waals surface area contributed by atoms with E-state index in [2.05, 4.69) is 4.74 Å². The fraction of sp³-hybridized carbons (Fsp3) is 0.300. The van der Waals surface area contributed by atoms with Crippen LogP contribution in [0.3, 0.4) is 0 Å². The predicted molar refractivity (Wildman–Crippen MR) is 50.4 cm³/mol. The molecule has 1 aromatic carbocycles. The molecule has 0 saturated carbocycles. The van der Waals surface area contributed by atoms with Gasteiger partial charge >= 0.3 is 12.6 Å². The van der Waals surface area contributed by atoms with E-state index in [-0.39, 0.29) is 5.56 Å². The number of aryl methyl sites for hydroxylation is 1. The maximum atomic E-state index is 13.3. The standard InChI is InChI=1S/C10H9F3O4/c1-4-2-5(8(14)9(15)16)6(11)3-7(4)17-10(12)13/h2-3,8,10,14H,1H3,(H,15,16). The van der Waals surface area contributed by atoms with Gasteiger partial charge in [-0.25, -0.2) is 9.18 Å². The Balaban J connectivity index is 3.13. The van der Waals surface area contributed by atoms with Crippen molar-refractivity contribution in [2.75, 3.05) is 0 Å². The monoisotopic (exact) mass is 250 g/mol. The molecule has 2 N–H and O–H groups in total. The van der Waals surface area contributed by atoms with Gasteiger partial charge in [-0.2, -0.15) is 8.78 Å². The van der Waals surface area contributed by atoms with Crippen LogP contribution in [0.25, 0.3) is 0 Å². The molecule has 0 spiro atoms. The van der Waals surface area contributed by atoms with Crippen LogP contribution in [-0.4, -0.2) is 22.8 Å². The van der Waals surface area contributed by atoms with Gasteiger partial charge in [0.2, 0.25) is 0 Å². The summed E-state index contributed by atoms with van der Waals surface area (Å²) in [5.41, 5.74) is -0.404. The summed E-state index contributed by atoms with van der Waals surface area (Å²) in [7, 11) is 0. The number of halogens is 3. The zero-order chi connectivity index (χ0) is 13.2. The molecule has 0 radical (unpaired) electrons. The number of carbonyl (C=O) groups is 1. The predicted octanol–water partition coefficient (Wildman–Crippen LogP) is 1.85. The SMILES string of the molecule is Cc1cc(C(O)C(=O)O)c(F)cc1OC(F)F. The second-order valence-corrected chi connectivity index (χ2v) is 3.26. The first-order chi connectivity index (χ1) is 7.82. The lowest BCUT2D eigenvalue weighted by Gasteiger charge is -2.12. The van der Waals surface area contributed by atoms with Crippen LogP contribution in [0.4, 0.5) is 13.2 Å². The molecule has 7 heteroatoms. The Labute approximate surface area is 94.3 Å². The quantitative estimate of drug-likeness (QED) is 0.855. The molecule has 0 aromatic heterocycles. The molecule has 0 fully saturated rings. The third kappa shape index (κ3) is 3.10. The van der Waals surface area contributed by atoms with Crippen molar-refractivity contribution < 1.29 is 32.9 Å². The number of hydrogen-bond acceptors (Lipinski definition) is 3. The zero-order valence-electron chi connectivity index (χ0n) is 8.65. The van der Waals surface area contributed by atoms with E-state index in [0.29, 0.717) is 6.07 Å². The Kier molecular flexibility index (Phi) is 3.95. The van der Waals surface area contributed by atoms with Crippen LogP contribution in [-0.2, 0) is 4.79 Å². The molecule has 94 valence electrons. The molecule has 17 heavy (non-hydrogen) atoms. The number of benzene rings is 1. The van der Waals surface area contributed by atoms with E-state index < -0.39 is 35.8 Å². The molecule has 0 saturated heterocycles. The van der Waals surface area contributed by atoms with Crippen molar-refractivity contribution in [3.8, 4) is 5.75 Å². The first-order valence-electron chi connectivity index (χ1n) is 4.48. The van der Waals surface area contributed by atoms with Crippen molar-refractivity contribution in [2.45, 2.75) is 19.6 Å². The lowest BCUT2D eigenvalue weighted by molar-refractivity contribution is -0.147. The first kappa shape index (κ1) is 13.3. The minimum atomic E-state index is -3.11. The summed E-state index contributed by atoms with van der Waals surface area (Å²) in [5, 5.41) is 17.6. The van der Waals surface area contributed by atoms with Crippen LogP contribution < -0.4 is 4.74 Å². The van der Waals surface area contributed by atoms with Crippen LogP contribution in [0.1, 0.15) is 17.2 Å². The fourth-order valence-corrected chi connectivity index (χ4v) is 1.25. The smallest absolute Gasteiger partial charge is 0.387 e. The van der Waals surface area contributed by atoms with Crippen molar-refractivity contribution in [3.05, 3.63) is 29.1 Å². The van der Waals surface area contributed by atoms with Crippen molar-refractivity contribution in [1.29, 1.82) is 0 Å². The van der Waals surface area contributed by atoms with Crippen LogP contribution >= 0.6 is 0 Å². The van der Waals surface area contributed by atoms with Gasteiger partial charge < -0.3 is 14.9 Å². The van der Waals surface area contributed by atoms with Crippen LogP contribution in [0.15, 0.2) is 12.1 Å². The molecule has 0 amide bonds. The maximum Gasteiger partial charge on any atom is 0.387 e.